The van der Waals surface area contributed by atoms with Crippen molar-refractivity contribution in [3.8, 4) is 40.1 Å². The fourth-order valence-electron chi connectivity index (χ4n) is 2.29. The molecule has 0 unspecified atom stereocenters. The number of rotatable bonds is 4. The van der Waals surface area contributed by atoms with Crippen LogP contribution < -0.4 is 4.74 Å². The van der Waals surface area contributed by atoms with Crippen molar-refractivity contribution in [2.24, 2.45) is 0 Å². The molecule has 2 aromatic heterocycles. The number of aromatic nitrogens is 3. The van der Waals surface area contributed by atoms with E-state index in [0.29, 0.717) is 28.8 Å². The molecule has 0 atom stereocenters. The van der Waals surface area contributed by atoms with Gasteiger partial charge in [0.15, 0.2) is 11.5 Å². The third-order valence-electron chi connectivity index (χ3n) is 3.52. The van der Waals surface area contributed by atoms with Crippen molar-refractivity contribution in [1.29, 1.82) is 0 Å². The summed E-state index contributed by atoms with van der Waals surface area (Å²) in [7, 11) is 0. The summed E-state index contributed by atoms with van der Waals surface area (Å²) in [6.07, 6.45) is 6.39. The van der Waals surface area contributed by atoms with E-state index in [-0.39, 0.29) is 5.75 Å². The smallest absolute Gasteiger partial charge is 0.226 e. The molecular weight excluding hydrogens is 318 g/mol. The van der Waals surface area contributed by atoms with Crippen molar-refractivity contribution in [1.82, 2.24) is 15.0 Å². The topological polar surface area (TPSA) is 81.3 Å². The van der Waals surface area contributed by atoms with Crippen molar-refractivity contribution in [3.63, 3.8) is 0 Å². The first kappa shape index (κ1) is 14.9. The molecule has 0 radical (unpaired) electrons. The molecule has 6 heteroatoms. The number of ether oxygens (including phenoxy) is 1. The zero-order valence-corrected chi connectivity index (χ0v) is 13.0. The number of para-hydroxylation sites is 2. The van der Waals surface area contributed by atoms with E-state index in [2.05, 4.69) is 15.0 Å². The molecule has 2 heterocycles. The highest BCUT2D eigenvalue weighted by Crippen LogP contribution is 2.31. The van der Waals surface area contributed by atoms with Crippen LogP contribution in [0.15, 0.2) is 77.8 Å². The van der Waals surface area contributed by atoms with E-state index in [9.17, 15) is 5.11 Å². The van der Waals surface area contributed by atoms with Gasteiger partial charge in [-0.1, -0.05) is 12.1 Å². The zero-order valence-electron chi connectivity index (χ0n) is 13.0. The Kier molecular flexibility index (Phi) is 3.84. The third-order valence-corrected chi connectivity index (χ3v) is 3.52. The highest BCUT2D eigenvalue weighted by atomic mass is 16.5. The van der Waals surface area contributed by atoms with Crippen LogP contribution in [0.3, 0.4) is 0 Å². The first-order valence-corrected chi connectivity index (χ1v) is 7.58. The van der Waals surface area contributed by atoms with Gasteiger partial charge in [-0.05, 0) is 36.4 Å². The van der Waals surface area contributed by atoms with Crippen molar-refractivity contribution in [3.05, 3.63) is 73.4 Å². The summed E-state index contributed by atoms with van der Waals surface area (Å²) in [5.41, 5.74) is 2.08. The number of benzene rings is 2. The Labute approximate surface area is 143 Å². The molecule has 0 bridgehead atoms. The van der Waals surface area contributed by atoms with Crippen LogP contribution in [-0.2, 0) is 0 Å². The van der Waals surface area contributed by atoms with E-state index in [1.807, 2.05) is 12.1 Å². The molecule has 4 aromatic rings. The molecule has 4 rings (SSSR count). The highest BCUT2D eigenvalue weighted by Gasteiger charge is 2.10. The number of aromatic hydroxyl groups is 1. The van der Waals surface area contributed by atoms with Crippen molar-refractivity contribution < 1.29 is 14.3 Å². The average Bonchev–Trinajstić information content (AvgIpc) is 3.15. The van der Waals surface area contributed by atoms with Gasteiger partial charge in [-0.25, -0.2) is 4.98 Å². The van der Waals surface area contributed by atoms with E-state index < -0.39 is 0 Å². The molecule has 0 saturated heterocycles. The quantitative estimate of drug-likeness (QED) is 0.600. The van der Waals surface area contributed by atoms with E-state index in [4.69, 9.17) is 9.15 Å². The molecule has 0 aliphatic heterocycles. The minimum atomic E-state index is 0.0906. The molecule has 0 saturated carbocycles. The third kappa shape index (κ3) is 3.18. The van der Waals surface area contributed by atoms with Crippen LogP contribution in [-0.4, -0.2) is 20.1 Å². The Balaban J connectivity index is 1.55. The van der Waals surface area contributed by atoms with Gasteiger partial charge in [0.1, 0.15) is 23.4 Å². The highest BCUT2D eigenvalue weighted by molar-refractivity contribution is 5.60. The lowest BCUT2D eigenvalue weighted by Crippen LogP contribution is -1.86. The maximum Gasteiger partial charge on any atom is 0.226 e. The van der Waals surface area contributed by atoms with Gasteiger partial charge in [-0.3, -0.25) is 9.97 Å². The number of phenols is 1. The number of phenolic OH excluding ortho intramolecular Hbond substituents is 1. The van der Waals surface area contributed by atoms with Crippen LogP contribution in [0, 0.1) is 0 Å². The van der Waals surface area contributed by atoms with Gasteiger partial charge in [-0.2, -0.15) is 0 Å². The van der Waals surface area contributed by atoms with Gasteiger partial charge in [0, 0.05) is 18.0 Å². The fraction of sp³-hybridized carbons (Fsp3) is 0. The average molecular weight is 331 g/mol. The second-order valence-corrected chi connectivity index (χ2v) is 5.22. The lowest BCUT2D eigenvalue weighted by molar-refractivity contribution is 0.411. The van der Waals surface area contributed by atoms with Crippen molar-refractivity contribution in [2.45, 2.75) is 0 Å². The van der Waals surface area contributed by atoms with Crippen LogP contribution in [0.1, 0.15) is 0 Å². The minimum absolute atomic E-state index is 0.0906. The van der Waals surface area contributed by atoms with Gasteiger partial charge in [0.2, 0.25) is 5.89 Å². The van der Waals surface area contributed by atoms with Gasteiger partial charge in [0.05, 0.1) is 6.20 Å². The summed E-state index contributed by atoms with van der Waals surface area (Å²) in [5, 5.41) is 9.75. The van der Waals surface area contributed by atoms with E-state index in [1.165, 1.54) is 0 Å². The van der Waals surface area contributed by atoms with Crippen LogP contribution in [0.2, 0.25) is 0 Å². The summed E-state index contributed by atoms with van der Waals surface area (Å²) in [6, 6.07) is 14.0. The number of oxazole rings is 1. The second kappa shape index (κ2) is 6.45. The Bertz CT molecular complexity index is 982. The molecule has 1 N–H and O–H groups in total. The van der Waals surface area contributed by atoms with Gasteiger partial charge >= 0.3 is 0 Å². The standard InChI is InChI=1S/C19H13N3O3/c23-17-3-1-2-4-18(17)25-14-7-5-13(6-8-14)19-22-16(12-24-19)15-11-20-9-10-21-15/h1-12,23H. The number of hydrogen-bond donors (Lipinski definition) is 1. The SMILES string of the molecule is Oc1ccccc1Oc1ccc(-c2nc(-c3cnccn3)co2)cc1. The molecule has 0 aliphatic carbocycles. The van der Waals surface area contributed by atoms with Crippen LogP contribution in [0.25, 0.3) is 22.8 Å². The van der Waals surface area contributed by atoms with Gasteiger partial charge < -0.3 is 14.3 Å². The fourth-order valence-corrected chi connectivity index (χ4v) is 2.29. The first-order valence-electron chi connectivity index (χ1n) is 7.58. The van der Waals surface area contributed by atoms with E-state index in [0.717, 1.165) is 5.56 Å². The zero-order chi connectivity index (χ0) is 17.1. The maximum absolute atomic E-state index is 9.75. The summed E-state index contributed by atoms with van der Waals surface area (Å²) < 4.78 is 11.2. The molecule has 0 spiro atoms. The Hall–Kier alpha value is -3.67. The Morgan fingerprint density at radius 3 is 2.52 bits per heavy atom. The minimum Gasteiger partial charge on any atom is -0.504 e. The molecule has 6 nitrogen and oxygen atoms in total. The Morgan fingerprint density at radius 1 is 0.920 bits per heavy atom. The van der Waals surface area contributed by atoms with Crippen LogP contribution in [0.4, 0.5) is 0 Å². The normalized spacial score (nSPS) is 10.6. The summed E-state index contributed by atoms with van der Waals surface area (Å²) in [5.74, 6) is 1.57. The first-order chi connectivity index (χ1) is 12.3. The maximum atomic E-state index is 9.75. The lowest BCUT2D eigenvalue weighted by Gasteiger charge is -2.07. The van der Waals surface area contributed by atoms with Crippen molar-refractivity contribution >= 4 is 0 Å². The molecule has 122 valence electrons. The summed E-state index contributed by atoms with van der Waals surface area (Å²) >= 11 is 0. The lowest BCUT2D eigenvalue weighted by atomic mass is 10.2. The van der Waals surface area contributed by atoms with E-state index >= 15 is 0 Å². The Morgan fingerprint density at radius 2 is 1.76 bits per heavy atom. The molecule has 25 heavy (non-hydrogen) atoms. The van der Waals surface area contributed by atoms with Crippen molar-refractivity contribution in [2.75, 3.05) is 0 Å². The molecule has 0 fully saturated rings. The number of hydrogen-bond acceptors (Lipinski definition) is 6. The second-order valence-electron chi connectivity index (χ2n) is 5.22. The van der Waals surface area contributed by atoms with Crippen LogP contribution in [0.5, 0.6) is 17.2 Å². The largest absolute Gasteiger partial charge is 0.504 e. The summed E-state index contributed by atoms with van der Waals surface area (Å²) in [4.78, 5) is 12.6. The number of nitrogens with zero attached hydrogens (tertiary/aromatic N) is 3. The molecule has 2 aromatic carbocycles. The van der Waals surface area contributed by atoms with Crippen LogP contribution >= 0.6 is 0 Å². The monoisotopic (exact) mass is 331 g/mol. The molecular formula is C19H13N3O3. The molecule has 0 aliphatic rings. The van der Waals surface area contributed by atoms with Gasteiger partial charge in [0.25, 0.3) is 0 Å². The predicted molar refractivity (Wildman–Crippen MR) is 91.1 cm³/mol. The van der Waals surface area contributed by atoms with Gasteiger partial charge in [-0.15, -0.1) is 0 Å². The molecule has 0 amide bonds. The predicted octanol–water partition coefficient (Wildman–Crippen LogP) is 4.30. The van der Waals surface area contributed by atoms with E-state index in [1.54, 1.807) is 61.3 Å². The summed E-state index contributed by atoms with van der Waals surface area (Å²) in [6.45, 7) is 0.